The molecule has 0 atom stereocenters. The van der Waals surface area contributed by atoms with Gasteiger partial charge in [-0.05, 0) is 25.3 Å². The van der Waals surface area contributed by atoms with Gasteiger partial charge in [-0.1, -0.05) is 0 Å². The number of phenolic OH excluding ortho intramolecular Hbond substituents is 1. The van der Waals surface area contributed by atoms with Crippen LogP contribution >= 0.6 is 0 Å². The van der Waals surface area contributed by atoms with Crippen LogP contribution in [0.25, 0.3) is 0 Å². The molecule has 0 aliphatic heterocycles. The van der Waals surface area contributed by atoms with Gasteiger partial charge in [0.15, 0.2) is 11.5 Å². The molecule has 0 saturated heterocycles. The van der Waals surface area contributed by atoms with E-state index in [1.54, 1.807) is 0 Å². The number of hydrogen-bond acceptors (Lipinski definition) is 3. The van der Waals surface area contributed by atoms with Crippen LogP contribution in [-0.2, 0) is 5.54 Å². The van der Waals surface area contributed by atoms with Crippen molar-refractivity contribution in [2.75, 3.05) is 7.11 Å². The van der Waals surface area contributed by atoms with E-state index in [0.717, 1.165) is 25.3 Å². The quantitative estimate of drug-likeness (QED) is 0.785. The van der Waals surface area contributed by atoms with Gasteiger partial charge in [-0.15, -0.1) is 0 Å². The second-order valence-electron chi connectivity index (χ2n) is 4.01. The van der Waals surface area contributed by atoms with E-state index in [1.807, 2.05) is 0 Å². The summed E-state index contributed by atoms with van der Waals surface area (Å²) in [6.45, 7) is 0. The second-order valence-corrected chi connectivity index (χ2v) is 4.01. The Balaban J connectivity index is 2.47. The molecule has 0 aromatic heterocycles. The van der Waals surface area contributed by atoms with Crippen molar-refractivity contribution in [1.29, 1.82) is 0 Å². The lowest BCUT2D eigenvalue weighted by molar-refractivity contribution is 0.243. The van der Waals surface area contributed by atoms with Gasteiger partial charge >= 0.3 is 0 Å². The fourth-order valence-electron chi connectivity index (χ4n) is 1.91. The van der Waals surface area contributed by atoms with Gasteiger partial charge in [0.2, 0.25) is 0 Å². The Kier molecular flexibility index (Phi) is 2.31. The fraction of sp³-hybridized carbons (Fsp3) is 0.455. The highest BCUT2D eigenvalue weighted by atomic mass is 19.1. The van der Waals surface area contributed by atoms with Crippen molar-refractivity contribution in [2.45, 2.75) is 24.8 Å². The molecular weight excluding hydrogens is 197 g/mol. The van der Waals surface area contributed by atoms with E-state index >= 15 is 0 Å². The first-order chi connectivity index (χ1) is 7.07. The molecule has 0 bridgehead atoms. The van der Waals surface area contributed by atoms with Gasteiger partial charge in [-0.25, -0.2) is 4.39 Å². The zero-order chi connectivity index (χ0) is 11.1. The predicted molar refractivity (Wildman–Crippen MR) is 54.3 cm³/mol. The summed E-state index contributed by atoms with van der Waals surface area (Å²) in [5.41, 5.74) is 5.88. The summed E-state index contributed by atoms with van der Waals surface area (Å²) < 4.78 is 18.5. The van der Waals surface area contributed by atoms with Crippen LogP contribution in [0.4, 0.5) is 4.39 Å². The zero-order valence-corrected chi connectivity index (χ0v) is 8.59. The molecule has 0 heterocycles. The molecule has 1 saturated carbocycles. The molecule has 4 heteroatoms. The van der Waals surface area contributed by atoms with Crippen molar-refractivity contribution in [1.82, 2.24) is 0 Å². The minimum atomic E-state index is -0.578. The molecule has 1 aliphatic carbocycles. The Morgan fingerprint density at radius 1 is 1.47 bits per heavy atom. The molecule has 0 radical (unpaired) electrons. The highest BCUT2D eigenvalue weighted by Gasteiger charge is 2.37. The topological polar surface area (TPSA) is 55.5 Å². The molecule has 1 aliphatic rings. The average Bonchev–Trinajstić information content (AvgIpc) is 2.15. The molecule has 82 valence electrons. The van der Waals surface area contributed by atoms with Crippen LogP contribution in [0.15, 0.2) is 12.1 Å². The number of hydrogen-bond donors (Lipinski definition) is 2. The number of halogens is 1. The van der Waals surface area contributed by atoms with E-state index in [-0.39, 0.29) is 11.5 Å². The molecule has 3 N–H and O–H groups in total. The Hall–Kier alpha value is -1.29. The molecule has 0 amide bonds. The van der Waals surface area contributed by atoms with Gasteiger partial charge in [0.1, 0.15) is 5.82 Å². The predicted octanol–water partition coefficient (Wildman–Crippen LogP) is 1.88. The van der Waals surface area contributed by atoms with Crippen LogP contribution in [0, 0.1) is 5.82 Å². The first-order valence-corrected chi connectivity index (χ1v) is 4.93. The fourth-order valence-corrected chi connectivity index (χ4v) is 1.91. The van der Waals surface area contributed by atoms with E-state index in [9.17, 15) is 9.50 Å². The van der Waals surface area contributed by atoms with Crippen LogP contribution < -0.4 is 10.5 Å². The molecule has 0 unspecified atom stereocenters. The molecular formula is C11H14FNO2. The summed E-state index contributed by atoms with van der Waals surface area (Å²) in [4.78, 5) is 0. The van der Waals surface area contributed by atoms with Crippen molar-refractivity contribution >= 4 is 0 Å². The molecule has 2 rings (SSSR count). The number of methoxy groups -OCH3 is 1. The van der Waals surface area contributed by atoms with Crippen molar-refractivity contribution in [3.63, 3.8) is 0 Å². The van der Waals surface area contributed by atoms with E-state index in [2.05, 4.69) is 0 Å². The minimum absolute atomic E-state index is 0.193. The Morgan fingerprint density at radius 3 is 2.60 bits per heavy atom. The Morgan fingerprint density at radius 2 is 2.13 bits per heavy atom. The third kappa shape index (κ3) is 1.55. The lowest BCUT2D eigenvalue weighted by Gasteiger charge is -2.38. The van der Waals surface area contributed by atoms with Crippen molar-refractivity contribution in [3.8, 4) is 11.5 Å². The van der Waals surface area contributed by atoms with Crippen molar-refractivity contribution in [2.24, 2.45) is 5.73 Å². The maximum Gasteiger partial charge on any atom is 0.161 e. The van der Waals surface area contributed by atoms with E-state index in [1.165, 1.54) is 13.2 Å². The maximum absolute atomic E-state index is 13.6. The van der Waals surface area contributed by atoms with Gasteiger partial charge in [0, 0.05) is 17.2 Å². The SMILES string of the molecule is COc1cc(C2(N)CCC2)c(F)cc1O. The average molecular weight is 211 g/mol. The summed E-state index contributed by atoms with van der Waals surface area (Å²) in [5, 5.41) is 9.37. The zero-order valence-electron chi connectivity index (χ0n) is 8.59. The number of benzene rings is 1. The number of nitrogens with two attached hydrogens (primary N) is 1. The first-order valence-electron chi connectivity index (χ1n) is 4.93. The van der Waals surface area contributed by atoms with Gasteiger partial charge in [0.25, 0.3) is 0 Å². The first kappa shape index (κ1) is 10.2. The number of phenols is 1. The highest BCUT2D eigenvalue weighted by Crippen LogP contribution is 2.42. The third-order valence-corrected chi connectivity index (χ3v) is 3.05. The molecule has 1 fully saturated rings. The maximum atomic E-state index is 13.6. The van der Waals surface area contributed by atoms with E-state index in [4.69, 9.17) is 10.5 Å². The van der Waals surface area contributed by atoms with Crippen LogP contribution in [0.5, 0.6) is 11.5 Å². The van der Waals surface area contributed by atoms with Crippen LogP contribution in [0.2, 0.25) is 0 Å². The number of rotatable bonds is 2. The summed E-state index contributed by atoms with van der Waals surface area (Å²) in [5.74, 6) is -0.389. The normalized spacial score (nSPS) is 18.3. The van der Waals surface area contributed by atoms with E-state index < -0.39 is 11.4 Å². The van der Waals surface area contributed by atoms with Gasteiger partial charge in [-0.2, -0.15) is 0 Å². The summed E-state index contributed by atoms with van der Waals surface area (Å²) >= 11 is 0. The Bertz CT molecular complexity index is 388. The summed E-state index contributed by atoms with van der Waals surface area (Å²) in [6, 6.07) is 2.55. The lowest BCUT2D eigenvalue weighted by atomic mass is 9.72. The van der Waals surface area contributed by atoms with Crippen LogP contribution in [0.3, 0.4) is 0 Å². The van der Waals surface area contributed by atoms with Gasteiger partial charge in [0.05, 0.1) is 7.11 Å². The van der Waals surface area contributed by atoms with Gasteiger partial charge < -0.3 is 15.6 Å². The monoisotopic (exact) mass is 211 g/mol. The third-order valence-electron chi connectivity index (χ3n) is 3.05. The van der Waals surface area contributed by atoms with Gasteiger partial charge in [-0.3, -0.25) is 0 Å². The largest absolute Gasteiger partial charge is 0.504 e. The van der Waals surface area contributed by atoms with Crippen molar-refractivity contribution in [3.05, 3.63) is 23.5 Å². The second kappa shape index (κ2) is 3.38. The smallest absolute Gasteiger partial charge is 0.161 e. The highest BCUT2D eigenvalue weighted by molar-refractivity contribution is 5.45. The lowest BCUT2D eigenvalue weighted by Crippen LogP contribution is -2.44. The van der Waals surface area contributed by atoms with Crippen LogP contribution in [-0.4, -0.2) is 12.2 Å². The molecule has 1 aromatic carbocycles. The minimum Gasteiger partial charge on any atom is -0.504 e. The summed E-state index contributed by atoms with van der Waals surface area (Å²) in [6.07, 6.45) is 2.56. The number of ether oxygens (including phenoxy) is 1. The van der Waals surface area contributed by atoms with Crippen molar-refractivity contribution < 1.29 is 14.2 Å². The standard InChI is InChI=1S/C11H14FNO2/c1-15-10-5-7(8(12)6-9(10)14)11(13)3-2-4-11/h5-6,14H,2-4,13H2,1H3. The van der Waals surface area contributed by atoms with E-state index in [0.29, 0.717) is 5.56 Å². The molecule has 15 heavy (non-hydrogen) atoms. The summed E-state index contributed by atoms with van der Waals surface area (Å²) in [7, 11) is 1.43. The molecule has 3 nitrogen and oxygen atoms in total. The molecule has 0 spiro atoms. The number of aromatic hydroxyl groups is 1. The van der Waals surface area contributed by atoms with Crippen LogP contribution in [0.1, 0.15) is 24.8 Å². The molecule has 1 aromatic rings. The Labute approximate surface area is 87.7 Å².